The van der Waals surface area contributed by atoms with E-state index in [4.69, 9.17) is 22.1 Å². The molecule has 2 fully saturated rings. The van der Waals surface area contributed by atoms with Crippen LogP contribution in [0, 0.1) is 0 Å². The fourth-order valence-corrected chi connectivity index (χ4v) is 3.66. The number of hydrogen-bond donors (Lipinski definition) is 1. The lowest BCUT2D eigenvalue weighted by molar-refractivity contribution is 0.193. The molecule has 0 spiro atoms. The molecular formula is C18H22ClN5O. The molecule has 132 valence electrons. The van der Waals surface area contributed by atoms with Crippen molar-refractivity contribution in [3.05, 3.63) is 41.0 Å². The molecule has 0 amide bonds. The van der Waals surface area contributed by atoms with Crippen LogP contribution in [0.2, 0.25) is 5.02 Å². The third-order valence-corrected chi connectivity index (χ3v) is 5.11. The van der Waals surface area contributed by atoms with Crippen LogP contribution in [0.5, 0.6) is 0 Å². The smallest absolute Gasteiger partial charge is 0.222 e. The van der Waals surface area contributed by atoms with E-state index in [1.54, 1.807) is 0 Å². The van der Waals surface area contributed by atoms with Gasteiger partial charge in [0.15, 0.2) is 0 Å². The van der Waals surface area contributed by atoms with E-state index in [0.717, 1.165) is 68.0 Å². The Morgan fingerprint density at radius 2 is 1.88 bits per heavy atom. The minimum Gasteiger partial charge on any atom is -0.381 e. The Hall–Kier alpha value is -2.05. The van der Waals surface area contributed by atoms with Crippen molar-refractivity contribution in [2.24, 2.45) is 0 Å². The number of nitrogens with zero attached hydrogens (tertiary/aromatic N) is 4. The number of aromatic nitrogens is 2. The summed E-state index contributed by atoms with van der Waals surface area (Å²) in [7, 11) is 0. The molecule has 0 unspecified atom stereocenters. The van der Waals surface area contributed by atoms with Crippen LogP contribution in [0.25, 0.3) is 0 Å². The van der Waals surface area contributed by atoms with Crippen molar-refractivity contribution in [2.75, 3.05) is 54.9 Å². The Labute approximate surface area is 152 Å². The number of nitrogen functional groups attached to an aromatic ring is 1. The Bertz CT molecular complexity index is 742. The first kappa shape index (κ1) is 16.4. The molecule has 3 heterocycles. The first-order chi connectivity index (χ1) is 12.2. The summed E-state index contributed by atoms with van der Waals surface area (Å²) in [5.41, 5.74) is 8.12. The molecule has 0 bridgehead atoms. The maximum absolute atomic E-state index is 6.11. The van der Waals surface area contributed by atoms with Gasteiger partial charge in [-0.15, -0.1) is 0 Å². The lowest BCUT2D eigenvalue weighted by Gasteiger charge is -2.37. The van der Waals surface area contributed by atoms with Crippen LogP contribution in [0.4, 0.5) is 17.5 Å². The summed E-state index contributed by atoms with van der Waals surface area (Å²) in [6, 6.07) is 10.1. The van der Waals surface area contributed by atoms with Gasteiger partial charge >= 0.3 is 0 Å². The molecule has 25 heavy (non-hydrogen) atoms. The van der Waals surface area contributed by atoms with E-state index in [1.807, 2.05) is 18.2 Å². The Morgan fingerprint density at radius 1 is 1.08 bits per heavy atom. The standard InChI is InChI=1S/C18H22ClN5O/c19-14-2-1-3-15(10-14)23-5-7-24(8-6-23)17-11-16(21-18(20)22-17)13-4-9-25-12-13/h1-3,10-11,13H,4-9,12H2,(H2,20,21,22)/t13-/m0/s1. The second kappa shape index (κ2) is 7.06. The van der Waals surface area contributed by atoms with E-state index in [9.17, 15) is 0 Å². The summed E-state index contributed by atoms with van der Waals surface area (Å²) in [5.74, 6) is 1.59. The van der Waals surface area contributed by atoms with Gasteiger partial charge in [0, 0.05) is 55.5 Å². The van der Waals surface area contributed by atoms with Gasteiger partial charge in [-0.1, -0.05) is 17.7 Å². The average Bonchev–Trinajstić information content (AvgIpc) is 3.16. The van der Waals surface area contributed by atoms with Crippen LogP contribution in [-0.4, -0.2) is 49.4 Å². The lowest BCUT2D eigenvalue weighted by atomic mass is 10.0. The summed E-state index contributed by atoms with van der Waals surface area (Å²) in [6.45, 7) is 5.14. The molecule has 0 radical (unpaired) electrons. The van der Waals surface area contributed by atoms with Crippen molar-refractivity contribution in [3.8, 4) is 0 Å². The monoisotopic (exact) mass is 359 g/mol. The van der Waals surface area contributed by atoms with E-state index < -0.39 is 0 Å². The van der Waals surface area contributed by atoms with Crippen molar-refractivity contribution in [3.63, 3.8) is 0 Å². The maximum Gasteiger partial charge on any atom is 0.222 e. The zero-order valence-corrected chi connectivity index (χ0v) is 14.8. The van der Waals surface area contributed by atoms with Gasteiger partial charge < -0.3 is 20.3 Å². The number of hydrogen-bond acceptors (Lipinski definition) is 6. The molecule has 0 aliphatic carbocycles. The van der Waals surface area contributed by atoms with Crippen molar-refractivity contribution in [2.45, 2.75) is 12.3 Å². The highest BCUT2D eigenvalue weighted by molar-refractivity contribution is 6.30. The first-order valence-electron chi connectivity index (χ1n) is 8.67. The molecule has 2 N–H and O–H groups in total. The van der Waals surface area contributed by atoms with E-state index in [0.29, 0.717) is 11.9 Å². The molecule has 2 aliphatic heterocycles. The van der Waals surface area contributed by atoms with E-state index in [-0.39, 0.29) is 0 Å². The Balaban J connectivity index is 1.47. The fourth-order valence-electron chi connectivity index (χ4n) is 3.48. The van der Waals surface area contributed by atoms with Crippen LogP contribution < -0.4 is 15.5 Å². The van der Waals surface area contributed by atoms with Crippen LogP contribution in [-0.2, 0) is 4.74 Å². The molecule has 1 aromatic carbocycles. The minimum absolute atomic E-state index is 0.330. The zero-order valence-electron chi connectivity index (χ0n) is 14.1. The number of halogens is 1. The molecule has 2 aromatic rings. The SMILES string of the molecule is Nc1nc([C@H]2CCOC2)cc(N2CCN(c3cccc(Cl)c3)CC2)n1. The molecule has 1 aromatic heterocycles. The highest BCUT2D eigenvalue weighted by atomic mass is 35.5. The van der Waals surface area contributed by atoms with Crippen LogP contribution >= 0.6 is 11.6 Å². The van der Waals surface area contributed by atoms with E-state index in [2.05, 4.69) is 31.9 Å². The molecule has 4 rings (SSSR count). The highest BCUT2D eigenvalue weighted by Gasteiger charge is 2.23. The van der Waals surface area contributed by atoms with Gasteiger partial charge in [-0.2, -0.15) is 4.98 Å². The largest absolute Gasteiger partial charge is 0.381 e. The number of piperazine rings is 1. The number of benzene rings is 1. The zero-order chi connectivity index (χ0) is 17.2. The van der Waals surface area contributed by atoms with Gasteiger partial charge in [0.05, 0.1) is 12.3 Å². The van der Waals surface area contributed by atoms with Gasteiger partial charge in [0.2, 0.25) is 5.95 Å². The number of rotatable bonds is 3. The molecular weight excluding hydrogens is 338 g/mol. The Kier molecular flexibility index (Phi) is 4.63. The second-order valence-electron chi connectivity index (χ2n) is 6.52. The van der Waals surface area contributed by atoms with Crippen LogP contribution in [0.3, 0.4) is 0 Å². The maximum atomic E-state index is 6.11. The van der Waals surface area contributed by atoms with E-state index in [1.165, 1.54) is 0 Å². The summed E-state index contributed by atoms with van der Waals surface area (Å²) in [6.07, 6.45) is 0.998. The predicted octanol–water partition coefficient (Wildman–Crippen LogP) is 2.54. The predicted molar refractivity (Wildman–Crippen MR) is 100 cm³/mol. The normalized spacial score (nSPS) is 20.9. The van der Waals surface area contributed by atoms with Crippen molar-refractivity contribution >= 4 is 29.1 Å². The summed E-state index contributed by atoms with van der Waals surface area (Å²) in [4.78, 5) is 13.5. The van der Waals surface area contributed by atoms with Crippen molar-refractivity contribution in [1.82, 2.24) is 9.97 Å². The molecule has 2 aliphatic rings. The van der Waals surface area contributed by atoms with Gasteiger partial charge in [-0.25, -0.2) is 4.98 Å². The van der Waals surface area contributed by atoms with Gasteiger partial charge in [0.1, 0.15) is 5.82 Å². The highest BCUT2D eigenvalue weighted by Crippen LogP contribution is 2.28. The lowest BCUT2D eigenvalue weighted by Crippen LogP contribution is -2.47. The van der Waals surface area contributed by atoms with Gasteiger partial charge in [-0.05, 0) is 24.6 Å². The van der Waals surface area contributed by atoms with E-state index >= 15 is 0 Å². The van der Waals surface area contributed by atoms with Crippen LogP contribution in [0.15, 0.2) is 30.3 Å². The molecule has 6 nitrogen and oxygen atoms in total. The molecule has 0 saturated carbocycles. The van der Waals surface area contributed by atoms with Crippen LogP contribution in [0.1, 0.15) is 18.0 Å². The summed E-state index contributed by atoms with van der Waals surface area (Å²) >= 11 is 6.11. The summed E-state index contributed by atoms with van der Waals surface area (Å²) in [5, 5.41) is 0.770. The number of nitrogens with two attached hydrogens (primary N) is 1. The topological polar surface area (TPSA) is 67.5 Å². The molecule has 7 heteroatoms. The third-order valence-electron chi connectivity index (χ3n) is 4.87. The number of ether oxygens (including phenoxy) is 1. The summed E-state index contributed by atoms with van der Waals surface area (Å²) < 4.78 is 5.48. The quantitative estimate of drug-likeness (QED) is 0.908. The van der Waals surface area contributed by atoms with Gasteiger partial charge in [0.25, 0.3) is 0 Å². The minimum atomic E-state index is 0.330. The molecule has 2 saturated heterocycles. The molecule has 1 atom stereocenters. The Morgan fingerprint density at radius 3 is 2.60 bits per heavy atom. The third kappa shape index (κ3) is 3.65. The second-order valence-corrected chi connectivity index (χ2v) is 6.96. The first-order valence-corrected chi connectivity index (χ1v) is 9.04. The fraction of sp³-hybridized carbons (Fsp3) is 0.444. The average molecular weight is 360 g/mol. The number of anilines is 3. The van der Waals surface area contributed by atoms with Crippen molar-refractivity contribution in [1.29, 1.82) is 0 Å². The van der Waals surface area contributed by atoms with Crippen molar-refractivity contribution < 1.29 is 4.74 Å². The van der Waals surface area contributed by atoms with Gasteiger partial charge in [-0.3, -0.25) is 0 Å².